The highest BCUT2D eigenvalue weighted by molar-refractivity contribution is 6.20. The zero-order valence-corrected chi connectivity index (χ0v) is 18.5. The summed E-state index contributed by atoms with van der Waals surface area (Å²) in [5.74, 6) is 0. The Morgan fingerprint density at radius 2 is 1.06 bits per heavy atom. The van der Waals surface area contributed by atoms with Gasteiger partial charge in [0.15, 0.2) is 5.58 Å². The predicted molar refractivity (Wildman–Crippen MR) is 144 cm³/mol. The minimum absolute atomic E-state index is 0.876. The summed E-state index contributed by atoms with van der Waals surface area (Å²) in [6.07, 6.45) is 0. The minimum atomic E-state index is 0.876. The molecule has 0 radical (unpaired) electrons. The van der Waals surface area contributed by atoms with Crippen molar-refractivity contribution < 1.29 is 4.42 Å². The van der Waals surface area contributed by atoms with E-state index in [1.165, 1.54) is 32.5 Å². The maximum absolute atomic E-state index is 6.42. The van der Waals surface area contributed by atoms with Crippen molar-refractivity contribution in [3.05, 3.63) is 121 Å². The van der Waals surface area contributed by atoms with Gasteiger partial charge in [-0.2, -0.15) is 0 Å². The Bertz CT molecular complexity index is 1840. The fourth-order valence-corrected chi connectivity index (χ4v) is 5.10. The van der Waals surface area contributed by atoms with E-state index in [1.807, 2.05) is 0 Å². The van der Waals surface area contributed by atoms with Gasteiger partial charge >= 0.3 is 0 Å². The molecule has 1 aromatic heterocycles. The molecule has 6 aromatic carbocycles. The summed E-state index contributed by atoms with van der Waals surface area (Å²) in [5, 5.41) is 10.9. The van der Waals surface area contributed by atoms with Gasteiger partial charge in [0.05, 0.1) is 5.69 Å². The van der Waals surface area contributed by atoms with E-state index in [4.69, 9.17) is 4.42 Å². The second-order valence-electron chi connectivity index (χ2n) is 8.64. The van der Waals surface area contributed by atoms with Gasteiger partial charge in [-0.3, -0.25) is 0 Å². The molecular weight excluding hydrogens is 414 g/mol. The number of hydrogen-bond acceptors (Lipinski definition) is 2. The van der Waals surface area contributed by atoms with Crippen molar-refractivity contribution in [2.24, 2.45) is 0 Å². The SMILES string of the molecule is c1ccc(-c2cccc3ccccc23)c(Nc2cccc3c2oc2ccc4ccccc4c23)c1. The molecule has 7 rings (SSSR count). The van der Waals surface area contributed by atoms with Gasteiger partial charge in [-0.05, 0) is 45.3 Å². The monoisotopic (exact) mass is 435 g/mol. The topological polar surface area (TPSA) is 25.2 Å². The molecule has 0 saturated carbocycles. The lowest BCUT2D eigenvalue weighted by atomic mass is 9.97. The van der Waals surface area contributed by atoms with Crippen LogP contribution in [-0.4, -0.2) is 0 Å². The molecule has 0 amide bonds. The molecule has 1 N–H and O–H groups in total. The van der Waals surface area contributed by atoms with Crippen molar-refractivity contribution >= 4 is 54.9 Å². The van der Waals surface area contributed by atoms with Crippen LogP contribution in [0.4, 0.5) is 11.4 Å². The van der Waals surface area contributed by atoms with E-state index < -0.39 is 0 Å². The number of rotatable bonds is 3. The van der Waals surface area contributed by atoms with Gasteiger partial charge in [0.2, 0.25) is 0 Å². The lowest BCUT2D eigenvalue weighted by Crippen LogP contribution is -1.94. The first-order valence-electron chi connectivity index (χ1n) is 11.5. The number of nitrogens with one attached hydrogen (secondary N) is 1. The maximum Gasteiger partial charge on any atom is 0.158 e. The Kier molecular flexibility index (Phi) is 4.18. The van der Waals surface area contributed by atoms with Gasteiger partial charge in [0.25, 0.3) is 0 Å². The Labute approximate surface area is 197 Å². The number of anilines is 2. The first kappa shape index (κ1) is 19.0. The number of fused-ring (bicyclic) bond motifs is 6. The highest BCUT2D eigenvalue weighted by Crippen LogP contribution is 2.40. The number of hydrogen-bond donors (Lipinski definition) is 1. The van der Waals surface area contributed by atoms with Crippen LogP contribution in [0.25, 0.3) is 54.6 Å². The summed E-state index contributed by atoms with van der Waals surface area (Å²) in [5.41, 5.74) is 6.18. The van der Waals surface area contributed by atoms with Crippen molar-refractivity contribution in [1.29, 1.82) is 0 Å². The van der Waals surface area contributed by atoms with E-state index in [0.29, 0.717) is 0 Å². The standard InChI is InChI=1S/C32H21NO/c1-3-12-23-21(9-1)11-7-15-25(23)26-14-5-6-17-28(26)33-29-18-8-16-27-31-24-13-4-2-10-22(24)19-20-30(31)34-32(27)29/h1-20,33H. The van der Waals surface area contributed by atoms with Crippen LogP contribution in [0.15, 0.2) is 126 Å². The third kappa shape index (κ3) is 2.89. The molecule has 0 bridgehead atoms. The predicted octanol–water partition coefficient (Wildman–Crippen LogP) is 9.30. The average Bonchev–Trinajstić information content (AvgIpc) is 3.29. The smallest absolute Gasteiger partial charge is 0.158 e. The zero-order chi connectivity index (χ0) is 22.5. The molecule has 2 heteroatoms. The van der Waals surface area contributed by atoms with E-state index in [0.717, 1.165) is 33.5 Å². The van der Waals surface area contributed by atoms with E-state index in [-0.39, 0.29) is 0 Å². The van der Waals surface area contributed by atoms with Crippen molar-refractivity contribution in [1.82, 2.24) is 0 Å². The highest BCUT2D eigenvalue weighted by atomic mass is 16.3. The Morgan fingerprint density at radius 3 is 1.97 bits per heavy atom. The fourth-order valence-electron chi connectivity index (χ4n) is 5.10. The number of para-hydroxylation sites is 2. The molecule has 34 heavy (non-hydrogen) atoms. The lowest BCUT2D eigenvalue weighted by Gasteiger charge is -2.14. The minimum Gasteiger partial charge on any atom is -0.454 e. The molecular formula is C32H21NO. The third-order valence-electron chi connectivity index (χ3n) is 6.66. The van der Waals surface area contributed by atoms with Gasteiger partial charge in [0.1, 0.15) is 5.58 Å². The van der Waals surface area contributed by atoms with Crippen LogP contribution in [-0.2, 0) is 0 Å². The molecule has 0 unspecified atom stereocenters. The van der Waals surface area contributed by atoms with Gasteiger partial charge in [-0.15, -0.1) is 0 Å². The normalized spacial score (nSPS) is 11.5. The van der Waals surface area contributed by atoms with Crippen LogP contribution in [0.2, 0.25) is 0 Å². The second-order valence-corrected chi connectivity index (χ2v) is 8.64. The van der Waals surface area contributed by atoms with E-state index in [1.54, 1.807) is 0 Å². The first-order valence-corrected chi connectivity index (χ1v) is 11.5. The largest absolute Gasteiger partial charge is 0.454 e. The van der Waals surface area contributed by atoms with Crippen LogP contribution in [0.3, 0.4) is 0 Å². The van der Waals surface area contributed by atoms with Crippen LogP contribution in [0.5, 0.6) is 0 Å². The molecule has 0 fully saturated rings. The van der Waals surface area contributed by atoms with Crippen molar-refractivity contribution in [3.63, 3.8) is 0 Å². The molecule has 7 aromatic rings. The summed E-state index contributed by atoms with van der Waals surface area (Å²) >= 11 is 0. The summed E-state index contributed by atoms with van der Waals surface area (Å²) < 4.78 is 6.42. The molecule has 0 atom stereocenters. The molecule has 0 saturated heterocycles. The highest BCUT2D eigenvalue weighted by Gasteiger charge is 2.15. The van der Waals surface area contributed by atoms with Gasteiger partial charge in [-0.25, -0.2) is 0 Å². The van der Waals surface area contributed by atoms with Crippen LogP contribution in [0, 0.1) is 0 Å². The fraction of sp³-hybridized carbons (Fsp3) is 0. The molecule has 0 aliphatic rings. The van der Waals surface area contributed by atoms with Gasteiger partial charge in [-0.1, -0.05) is 103 Å². The molecule has 1 heterocycles. The second kappa shape index (κ2) is 7.50. The van der Waals surface area contributed by atoms with E-state index in [9.17, 15) is 0 Å². The van der Waals surface area contributed by atoms with Crippen molar-refractivity contribution in [3.8, 4) is 11.1 Å². The third-order valence-corrected chi connectivity index (χ3v) is 6.66. The Morgan fingerprint density at radius 1 is 0.441 bits per heavy atom. The Balaban J connectivity index is 1.42. The lowest BCUT2D eigenvalue weighted by molar-refractivity contribution is 0.670. The molecule has 0 aliphatic carbocycles. The van der Waals surface area contributed by atoms with E-state index in [2.05, 4.69) is 127 Å². The van der Waals surface area contributed by atoms with Crippen LogP contribution >= 0.6 is 0 Å². The van der Waals surface area contributed by atoms with Crippen molar-refractivity contribution in [2.75, 3.05) is 5.32 Å². The average molecular weight is 436 g/mol. The zero-order valence-electron chi connectivity index (χ0n) is 18.5. The maximum atomic E-state index is 6.42. The summed E-state index contributed by atoms with van der Waals surface area (Å²) in [4.78, 5) is 0. The molecule has 0 aliphatic heterocycles. The van der Waals surface area contributed by atoms with Crippen molar-refractivity contribution in [2.45, 2.75) is 0 Å². The summed E-state index contributed by atoms with van der Waals surface area (Å²) in [6.45, 7) is 0. The van der Waals surface area contributed by atoms with Crippen LogP contribution < -0.4 is 5.32 Å². The molecule has 160 valence electrons. The molecule has 2 nitrogen and oxygen atoms in total. The summed E-state index contributed by atoms with van der Waals surface area (Å²) in [6, 6.07) is 42.5. The number of furan rings is 1. The first-order chi connectivity index (χ1) is 16.9. The Hall–Kier alpha value is -4.56. The van der Waals surface area contributed by atoms with Gasteiger partial charge < -0.3 is 9.73 Å². The van der Waals surface area contributed by atoms with Crippen LogP contribution in [0.1, 0.15) is 0 Å². The van der Waals surface area contributed by atoms with E-state index >= 15 is 0 Å². The van der Waals surface area contributed by atoms with Gasteiger partial charge in [0, 0.05) is 22.0 Å². The summed E-state index contributed by atoms with van der Waals surface area (Å²) in [7, 11) is 0. The quantitative estimate of drug-likeness (QED) is 0.299. The number of benzene rings is 6. The molecule has 0 spiro atoms.